The summed E-state index contributed by atoms with van der Waals surface area (Å²) in [6.07, 6.45) is 0.955. The van der Waals surface area contributed by atoms with Crippen molar-refractivity contribution >= 4 is 11.5 Å². The van der Waals surface area contributed by atoms with E-state index in [2.05, 4.69) is 12.1 Å². The number of Topliss-reactive ketones (excluding diaryl/α,β-unsaturated/α-hetero) is 1. The van der Waals surface area contributed by atoms with E-state index in [1.807, 2.05) is 37.3 Å². The first-order chi connectivity index (χ1) is 9.16. The van der Waals surface area contributed by atoms with Gasteiger partial charge in [-0.1, -0.05) is 42.5 Å². The zero-order valence-corrected chi connectivity index (χ0v) is 11.0. The molecule has 1 aliphatic rings. The molecule has 1 fully saturated rings. The second-order valence-corrected chi connectivity index (χ2v) is 5.29. The van der Waals surface area contributed by atoms with Gasteiger partial charge in [-0.05, 0) is 36.5 Å². The minimum Gasteiger partial charge on any atom is -0.398 e. The number of nitrogens with two attached hydrogens (primary N) is 1. The lowest BCUT2D eigenvalue weighted by molar-refractivity contribution is 0.0965. The maximum atomic E-state index is 12.4. The summed E-state index contributed by atoms with van der Waals surface area (Å²) in [5, 5.41) is 0. The normalized spacial score (nSPS) is 21.1. The van der Waals surface area contributed by atoms with Crippen LogP contribution in [0.3, 0.4) is 0 Å². The number of aryl methyl sites for hydroxylation is 1. The Morgan fingerprint density at radius 2 is 1.89 bits per heavy atom. The first-order valence-corrected chi connectivity index (χ1v) is 6.62. The molecule has 0 aliphatic heterocycles. The molecule has 2 aromatic rings. The molecule has 0 aromatic heterocycles. The number of hydrogen-bond acceptors (Lipinski definition) is 2. The van der Waals surface area contributed by atoms with Crippen molar-refractivity contribution in [1.82, 2.24) is 0 Å². The number of anilines is 1. The van der Waals surface area contributed by atoms with Crippen molar-refractivity contribution in [3.8, 4) is 0 Å². The number of hydrogen-bond donors (Lipinski definition) is 1. The Morgan fingerprint density at radius 1 is 1.16 bits per heavy atom. The number of ketones is 1. The van der Waals surface area contributed by atoms with Gasteiger partial charge >= 0.3 is 0 Å². The third-order valence-corrected chi connectivity index (χ3v) is 3.92. The van der Waals surface area contributed by atoms with E-state index in [1.165, 1.54) is 5.56 Å². The first kappa shape index (κ1) is 12.0. The molecule has 0 radical (unpaired) electrons. The van der Waals surface area contributed by atoms with E-state index in [4.69, 9.17) is 5.73 Å². The zero-order chi connectivity index (χ0) is 13.4. The molecule has 3 rings (SSSR count). The fourth-order valence-electron chi connectivity index (χ4n) is 2.56. The van der Waals surface area contributed by atoms with E-state index in [-0.39, 0.29) is 11.7 Å². The van der Waals surface area contributed by atoms with Crippen LogP contribution < -0.4 is 5.73 Å². The molecule has 0 amide bonds. The van der Waals surface area contributed by atoms with Gasteiger partial charge in [0.05, 0.1) is 0 Å². The molecule has 1 saturated carbocycles. The average Bonchev–Trinajstić information content (AvgIpc) is 3.22. The summed E-state index contributed by atoms with van der Waals surface area (Å²) in [5.74, 6) is 0.737. The molecule has 96 valence electrons. The Kier molecular flexibility index (Phi) is 2.86. The lowest BCUT2D eigenvalue weighted by Gasteiger charge is -2.04. The van der Waals surface area contributed by atoms with Gasteiger partial charge in [-0.25, -0.2) is 0 Å². The highest BCUT2D eigenvalue weighted by Crippen LogP contribution is 2.49. The Hall–Kier alpha value is -2.09. The van der Waals surface area contributed by atoms with E-state index < -0.39 is 0 Å². The van der Waals surface area contributed by atoms with Crippen molar-refractivity contribution in [2.24, 2.45) is 5.92 Å². The molecule has 2 aromatic carbocycles. The quantitative estimate of drug-likeness (QED) is 0.669. The third-order valence-electron chi connectivity index (χ3n) is 3.92. The Balaban J connectivity index is 1.78. The Labute approximate surface area is 113 Å². The number of benzene rings is 2. The summed E-state index contributed by atoms with van der Waals surface area (Å²) in [7, 11) is 0. The SMILES string of the molecule is Cc1ccc(C(=O)C2CC2c2ccccc2)cc1N. The molecule has 2 heteroatoms. The third kappa shape index (κ3) is 2.26. The molecule has 0 heterocycles. The van der Waals surface area contributed by atoms with Crippen molar-refractivity contribution in [3.63, 3.8) is 0 Å². The summed E-state index contributed by atoms with van der Waals surface area (Å²) in [6, 6.07) is 15.9. The van der Waals surface area contributed by atoms with Crippen molar-refractivity contribution < 1.29 is 4.79 Å². The molecule has 2 unspecified atom stereocenters. The monoisotopic (exact) mass is 251 g/mol. The molecule has 1 aliphatic carbocycles. The molecular weight excluding hydrogens is 234 g/mol. The van der Waals surface area contributed by atoms with Gasteiger partial charge in [-0.15, -0.1) is 0 Å². The topological polar surface area (TPSA) is 43.1 Å². The van der Waals surface area contributed by atoms with Crippen molar-refractivity contribution in [3.05, 3.63) is 65.2 Å². The van der Waals surface area contributed by atoms with Crippen molar-refractivity contribution in [2.45, 2.75) is 19.3 Å². The minimum absolute atomic E-state index is 0.129. The minimum atomic E-state index is 0.129. The van der Waals surface area contributed by atoms with E-state index in [0.717, 1.165) is 17.5 Å². The zero-order valence-electron chi connectivity index (χ0n) is 11.0. The van der Waals surface area contributed by atoms with Crippen LogP contribution in [0.5, 0.6) is 0 Å². The van der Waals surface area contributed by atoms with Gasteiger partial charge in [0.25, 0.3) is 0 Å². The smallest absolute Gasteiger partial charge is 0.166 e. The molecule has 0 bridgehead atoms. The molecule has 2 atom stereocenters. The maximum Gasteiger partial charge on any atom is 0.166 e. The molecule has 2 nitrogen and oxygen atoms in total. The Bertz CT molecular complexity index is 618. The summed E-state index contributed by atoms with van der Waals surface area (Å²) in [5.41, 5.74) is 9.60. The second-order valence-electron chi connectivity index (χ2n) is 5.29. The highest BCUT2D eigenvalue weighted by atomic mass is 16.1. The van der Waals surface area contributed by atoms with E-state index in [1.54, 1.807) is 6.07 Å². The van der Waals surface area contributed by atoms with Gasteiger partial charge in [-0.2, -0.15) is 0 Å². The fraction of sp³-hybridized carbons (Fsp3) is 0.235. The van der Waals surface area contributed by atoms with Gasteiger partial charge in [0.15, 0.2) is 5.78 Å². The average molecular weight is 251 g/mol. The van der Waals surface area contributed by atoms with Crippen LogP contribution in [0, 0.1) is 12.8 Å². The molecular formula is C17H17NO. The number of rotatable bonds is 3. The van der Waals surface area contributed by atoms with Gasteiger partial charge in [-0.3, -0.25) is 4.79 Å². The molecule has 0 saturated heterocycles. The molecule has 2 N–H and O–H groups in total. The largest absolute Gasteiger partial charge is 0.398 e. The lowest BCUT2D eigenvalue weighted by Crippen LogP contribution is -2.04. The van der Waals surface area contributed by atoms with Crippen molar-refractivity contribution in [2.75, 3.05) is 5.73 Å². The van der Waals surface area contributed by atoms with Crippen molar-refractivity contribution in [1.29, 1.82) is 0 Å². The highest BCUT2D eigenvalue weighted by Gasteiger charge is 2.43. The van der Waals surface area contributed by atoms with Gasteiger partial charge in [0, 0.05) is 17.2 Å². The van der Waals surface area contributed by atoms with Crippen LogP contribution in [0.1, 0.15) is 33.8 Å². The Morgan fingerprint density at radius 3 is 2.58 bits per heavy atom. The van der Waals surface area contributed by atoms with Crippen LogP contribution in [0.2, 0.25) is 0 Å². The van der Waals surface area contributed by atoms with Crippen LogP contribution in [0.15, 0.2) is 48.5 Å². The van der Waals surface area contributed by atoms with Gasteiger partial charge in [0.2, 0.25) is 0 Å². The standard InChI is InChI=1S/C17H17NO/c1-11-7-8-13(9-16(11)18)17(19)15-10-14(15)12-5-3-2-4-6-12/h2-9,14-15H,10,18H2,1H3. The first-order valence-electron chi connectivity index (χ1n) is 6.62. The van der Waals surface area contributed by atoms with E-state index in [0.29, 0.717) is 11.6 Å². The maximum absolute atomic E-state index is 12.4. The van der Waals surface area contributed by atoms with Crippen LogP contribution >= 0.6 is 0 Å². The highest BCUT2D eigenvalue weighted by molar-refractivity contribution is 6.01. The van der Waals surface area contributed by atoms with E-state index >= 15 is 0 Å². The van der Waals surface area contributed by atoms with Crippen LogP contribution in [0.4, 0.5) is 5.69 Å². The number of nitrogen functional groups attached to an aromatic ring is 1. The number of carbonyl (C=O) groups excluding carboxylic acids is 1. The molecule has 0 spiro atoms. The fourth-order valence-corrected chi connectivity index (χ4v) is 2.56. The van der Waals surface area contributed by atoms with Crippen LogP contribution in [-0.4, -0.2) is 5.78 Å². The predicted octanol–water partition coefficient (Wildman–Crippen LogP) is 3.56. The van der Waals surface area contributed by atoms with Gasteiger partial charge < -0.3 is 5.73 Å². The van der Waals surface area contributed by atoms with Crippen LogP contribution in [-0.2, 0) is 0 Å². The molecule has 19 heavy (non-hydrogen) atoms. The number of carbonyl (C=O) groups is 1. The summed E-state index contributed by atoms with van der Waals surface area (Å²) in [6.45, 7) is 1.95. The summed E-state index contributed by atoms with van der Waals surface area (Å²) in [4.78, 5) is 12.4. The van der Waals surface area contributed by atoms with Gasteiger partial charge in [0.1, 0.15) is 0 Å². The second kappa shape index (κ2) is 4.54. The predicted molar refractivity (Wildman–Crippen MR) is 77.2 cm³/mol. The van der Waals surface area contributed by atoms with Crippen LogP contribution in [0.25, 0.3) is 0 Å². The summed E-state index contributed by atoms with van der Waals surface area (Å²) >= 11 is 0. The van der Waals surface area contributed by atoms with E-state index in [9.17, 15) is 4.79 Å². The summed E-state index contributed by atoms with van der Waals surface area (Å²) < 4.78 is 0. The lowest BCUT2D eigenvalue weighted by atomic mass is 10.0.